The van der Waals surface area contributed by atoms with Crippen molar-refractivity contribution in [2.75, 3.05) is 13.6 Å². The van der Waals surface area contributed by atoms with E-state index in [1.165, 1.54) is 12.8 Å². The molecule has 23 heavy (non-hydrogen) atoms. The first-order chi connectivity index (χ1) is 10.8. The first-order valence-corrected chi connectivity index (χ1v) is 7.73. The van der Waals surface area contributed by atoms with Crippen LogP contribution in [0, 0.1) is 0 Å². The quantitative estimate of drug-likeness (QED) is 0.308. The van der Waals surface area contributed by atoms with Crippen LogP contribution in [-0.2, 0) is 6.54 Å². The summed E-state index contributed by atoms with van der Waals surface area (Å²) in [7, 11) is 1.79. The van der Waals surface area contributed by atoms with E-state index in [0.717, 1.165) is 30.3 Å². The molecular weight excluding hydrogens is 403 g/mol. The van der Waals surface area contributed by atoms with Gasteiger partial charge in [-0.15, -0.1) is 24.0 Å². The molecule has 0 fully saturated rings. The van der Waals surface area contributed by atoms with Gasteiger partial charge in [-0.3, -0.25) is 4.99 Å². The largest absolute Gasteiger partial charge is 0.356 e. The minimum atomic E-state index is 0. The fourth-order valence-corrected chi connectivity index (χ4v) is 2.09. The van der Waals surface area contributed by atoms with E-state index in [0.29, 0.717) is 6.54 Å². The van der Waals surface area contributed by atoms with Crippen LogP contribution in [0.5, 0.6) is 0 Å². The van der Waals surface area contributed by atoms with Gasteiger partial charge in [-0.1, -0.05) is 19.8 Å². The first kappa shape index (κ1) is 19.4. The van der Waals surface area contributed by atoms with Crippen molar-refractivity contribution in [1.29, 1.82) is 0 Å². The molecule has 0 aliphatic heterocycles. The van der Waals surface area contributed by atoms with Gasteiger partial charge in [0.2, 0.25) is 0 Å². The van der Waals surface area contributed by atoms with Crippen LogP contribution in [0.3, 0.4) is 0 Å². The van der Waals surface area contributed by atoms with Crippen LogP contribution in [0.25, 0.3) is 5.82 Å². The Hall–Kier alpha value is -1.64. The van der Waals surface area contributed by atoms with Gasteiger partial charge in [0.15, 0.2) is 11.8 Å². The number of nitrogens with one attached hydrogen (secondary N) is 2. The Morgan fingerprint density at radius 1 is 1.26 bits per heavy atom. The van der Waals surface area contributed by atoms with Gasteiger partial charge in [-0.2, -0.15) is 5.10 Å². The number of guanidine groups is 1. The highest BCUT2D eigenvalue weighted by atomic mass is 127. The zero-order valence-electron chi connectivity index (χ0n) is 13.7. The van der Waals surface area contributed by atoms with Gasteiger partial charge in [-0.05, 0) is 30.2 Å². The van der Waals surface area contributed by atoms with Gasteiger partial charge < -0.3 is 10.6 Å². The minimum Gasteiger partial charge on any atom is -0.356 e. The molecule has 0 spiro atoms. The van der Waals surface area contributed by atoms with Crippen molar-refractivity contribution < 1.29 is 0 Å². The Bertz CT molecular complexity index is 582. The monoisotopic (exact) mass is 428 g/mol. The lowest BCUT2D eigenvalue weighted by atomic mass is 10.2. The number of hydrogen-bond donors (Lipinski definition) is 2. The van der Waals surface area contributed by atoms with Gasteiger partial charge >= 0.3 is 0 Å². The molecular formula is C16H25IN6. The van der Waals surface area contributed by atoms with Crippen molar-refractivity contribution in [2.24, 2.45) is 4.99 Å². The van der Waals surface area contributed by atoms with E-state index in [1.807, 2.05) is 24.4 Å². The fourth-order valence-electron chi connectivity index (χ4n) is 2.09. The van der Waals surface area contributed by atoms with Crippen LogP contribution in [-0.4, -0.2) is 34.3 Å². The summed E-state index contributed by atoms with van der Waals surface area (Å²) in [5.74, 6) is 1.64. The van der Waals surface area contributed by atoms with Crippen molar-refractivity contribution >= 4 is 29.9 Å². The predicted octanol–water partition coefficient (Wildman–Crippen LogP) is 2.74. The highest BCUT2D eigenvalue weighted by Crippen LogP contribution is 2.05. The van der Waals surface area contributed by atoms with E-state index in [-0.39, 0.29) is 24.0 Å². The predicted molar refractivity (Wildman–Crippen MR) is 105 cm³/mol. The maximum absolute atomic E-state index is 4.33. The molecule has 0 aromatic carbocycles. The third-order valence-electron chi connectivity index (χ3n) is 3.31. The standard InChI is InChI=1S/C16H24N6.HI/c1-3-4-5-8-19-16(17-2)20-13-14-7-10-18-15(12-14)22-11-6-9-21-22;/h6-7,9-12H,3-5,8,13H2,1-2H3,(H2,17,19,20);1H. The molecule has 2 rings (SSSR count). The number of aliphatic imine (C=N–C) groups is 1. The summed E-state index contributed by atoms with van der Waals surface area (Å²) < 4.78 is 1.75. The molecule has 2 N–H and O–H groups in total. The Morgan fingerprint density at radius 3 is 2.83 bits per heavy atom. The molecule has 126 valence electrons. The topological polar surface area (TPSA) is 67.1 Å². The van der Waals surface area contributed by atoms with Crippen LogP contribution in [0.1, 0.15) is 31.7 Å². The molecule has 7 heteroatoms. The summed E-state index contributed by atoms with van der Waals surface area (Å²) in [5, 5.41) is 10.8. The van der Waals surface area contributed by atoms with Crippen molar-refractivity contribution in [3.63, 3.8) is 0 Å². The third kappa shape index (κ3) is 6.55. The Balaban J connectivity index is 0.00000264. The Kier molecular flexibility index (Phi) is 9.27. The lowest BCUT2D eigenvalue weighted by molar-refractivity contribution is 0.682. The van der Waals surface area contributed by atoms with Gasteiger partial charge in [0, 0.05) is 38.7 Å². The van der Waals surface area contributed by atoms with E-state index >= 15 is 0 Å². The number of rotatable bonds is 7. The smallest absolute Gasteiger partial charge is 0.191 e. The van der Waals surface area contributed by atoms with E-state index in [2.05, 4.69) is 32.6 Å². The van der Waals surface area contributed by atoms with E-state index in [9.17, 15) is 0 Å². The van der Waals surface area contributed by atoms with Gasteiger partial charge in [0.05, 0.1) is 0 Å². The van der Waals surface area contributed by atoms with Crippen molar-refractivity contribution in [1.82, 2.24) is 25.4 Å². The van der Waals surface area contributed by atoms with Crippen molar-refractivity contribution in [2.45, 2.75) is 32.7 Å². The number of hydrogen-bond acceptors (Lipinski definition) is 3. The lowest BCUT2D eigenvalue weighted by Crippen LogP contribution is -2.37. The first-order valence-electron chi connectivity index (χ1n) is 7.73. The zero-order chi connectivity index (χ0) is 15.6. The number of unbranched alkanes of at least 4 members (excludes halogenated alkanes) is 2. The van der Waals surface area contributed by atoms with Crippen LogP contribution in [0.15, 0.2) is 41.8 Å². The second kappa shape index (κ2) is 11.0. The number of pyridine rings is 1. The van der Waals surface area contributed by atoms with Gasteiger partial charge in [0.25, 0.3) is 0 Å². The molecule has 0 aliphatic rings. The normalized spacial score (nSPS) is 11.0. The van der Waals surface area contributed by atoms with E-state index < -0.39 is 0 Å². The Labute approximate surface area is 154 Å². The van der Waals surface area contributed by atoms with E-state index in [1.54, 1.807) is 24.1 Å². The maximum Gasteiger partial charge on any atom is 0.191 e. The molecule has 0 amide bonds. The van der Waals surface area contributed by atoms with Crippen LogP contribution in [0.2, 0.25) is 0 Å². The molecule has 2 aromatic heterocycles. The van der Waals surface area contributed by atoms with Crippen molar-refractivity contribution in [3.05, 3.63) is 42.4 Å². The second-order valence-corrected chi connectivity index (χ2v) is 5.03. The highest BCUT2D eigenvalue weighted by Gasteiger charge is 2.01. The molecule has 0 saturated carbocycles. The molecule has 2 aromatic rings. The van der Waals surface area contributed by atoms with Crippen molar-refractivity contribution in [3.8, 4) is 5.82 Å². The van der Waals surface area contributed by atoms with Gasteiger partial charge in [0.1, 0.15) is 0 Å². The summed E-state index contributed by atoms with van der Waals surface area (Å²) in [6, 6.07) is 5.89. The molecule has 0 bridgehead atoms. The maximum atomic E-state index is 4.33. The van der Waals surface area contributed by atoms with Crippen LogP contribution < -0.4 is 10.6 Å². The molecule has 6 nitrogen and oxygen atoms in total. The molecule has 0 aliphatic carbocycles. The molecule has 0 atom stereocenters. The Morgan fingerprint density at radius 2 is 2.13 bits per heavy atom. The third-order valence-corrected chi connectivity index (χ3v) is 3.31. The average Bonchev–Trinajstić information content (AvgIpc) is 3.09. The summed E-state index contributed by atoms with van der Waals surface area (Å²) in [6.07, 6.45) is 9.05. The number of nitrogens with zero attached hydrogens (tertiary/aromatic N) is 4. The number of halogens is 1. The lowest BCUT2D eigenvalue weighted by Gasteiger charge is -2.12. The molecule has 2 heterocycles. The average molecular weight is 428 g/mol. The fraction of sp³-hybridized carbons (Fsp3) is 0.438. The van der Waals surface area contributed by atoms with Crippen LogP contribution >= 0.6 is 24.0 Å². The summed E-state index contributed by atoms with van der Waals surface area (Å²) in [6.45, 7) is 3.85. The second-order valence-electron chi connectivity index (χ2n) is 5.03. The molecule has 0 radical (unpaired) electrons. The summed E-state index contributed by atoms with van der Waals surface area (Å²) >= 11 is 0. The number of aromatic nitrogens is 3. The highest BCUT2D eigenvalue weighted by molar-refractivity contribution is 14.0. The van der Waals surface area contributed by atoms with Crippen LogP contribution in [0.4, 0.5) is 0 Å². The summed E-state index contributed by atoms with van der Waals surface area (Å²) in [4.78, 5) is 8.56. The summed E-state index contributed by atoms with van der Waals surface area (Å²) in [5.41, 5.74) is 1.14. The van der Waals surface area contributed by atoms with Gasteiger partial charge in [-0.25, -0.2) is 9.67 Å². The molecule has 0 saturated heterocycles. The zero-order valence-corrected chi connectivity index (χ0v) is 16.0. The minimum absolute atomic E-state index is 0. The van der Waals surface area contributed by atoms with E-state index in [4.69, 9.17) is 0 Å². The molecule has 0 unspecified atom stereocenters. The SMILES string of the molecule is CCCCCNC(=NC)NCc1ccnc(-n2cccn2)c1.I.